The molecule has 0 bridgehead atoms. The van der Waals surface area contributed by atoms with Gasteiger partial charge in [0.2, 0.25) is 5.91 Å². The quantitative estimate of drug-likeness (QED) is 0.920. The molecule has 1 amide bonds. The number of hydrogen-bond acceptors (Lipinski definition) is 3. The first-order valence-electron chi connectivity index (χ1n) is 7.46. The van der Waals surface area contributed by atoms with Gasteiger partial charge >= 0.3 is 0 Å². The van der Waals surface area contributed by atoms with Crippen LogP contribution in [0.5, 0.6) is 0 Å². The number of likely N-dealkylation sites (N-methyl/N-ethyl adjacent to an activating group) is 1. The second-order valence-electron chi connectivity index (χ2n) is 5.70. The highest BCUT2D eigenvalue weighted by Crippen LogP contribution is 2.39. The van der Waals surface area contributed by atoms with Crippen molar-refractivity contribution < 1.29 is 9.53 Å². The Hall–Kier alpha value is -1.39. The third-order valence-electron chi connectivity index (χ3n) is 4.51. The van der Waals surface area contributed by atoms with Gasteiger partial charge in [0.15, 0.2) is 0 Å². The summed E-state index contributed by atoms with van der Waals surface area (Å²) in [4.78, 5) is 14.0. The van der Waals surface area contributed by atoms with Crippen molar-refractivity contribution in [2.45, 2.75) is 44.8 Å². The van der Waals surface area contributed by atoms with Crippen molar-refractivity contribution in [1.82, 2.24) is 0 Å². The number of hydrogen-bond donors (Lipinski definition) is 1. The molecular formula is C16H22N2O2. The molecule has 0 aromatic heterocycles. The molecule has 2 N–H and O–H groups in total. The van der Waals surface area contributed by atoms with E-state index in [-0.39, 0.29) is 24.0 Å². The smallest absolute Gasteiger partial charge is 0.234 e. The maximum atomic E-state index is 12.2. The summed E-state index contributed by atoms with van der Waals surface area (Å²) in [6.07, 6.45) is 2.22. The minimum atomic E-state index is -0.0965. The van der Waals surface area contributed by atoms with Crippen molar-refractivity contribution in [3.05, 3.63) is 29.3 Å². The summed E-state index contributed by atoms with van der Waals surface area (Å²) < 4.78 is 5.68. The van der Waals surface area contributed by atoms with Crippen LogP contribution in [0.1, 0.15) is 49.8 Å². The number of rotatable bonds is 3. The van der Waals surface area contributed by atoms with Crippen LogP contribution in [0.25, 0.3) is 0 Å². The summed E-state index contributed by atoms with van der Waals surface area (Å²) in [6.45, 7) is 5.50. The summed E-state index contributed by atoms with van der Waals surface area (Å²) in [7, 11) is 0. The Balaban J connectivity index is 1.92. The SMILES string of the molecule is CCN1C(=O)C(C)c2cc(C(N)C3CCCO3)ccc21. The molecule has 1 aromatic carbocycles. The summed E-state index contributed by atoms with van der Waals surface area (Å²) in [5.41, 5.74) is 9.53. The van der Waals surface area contributed by atoms with Crippen LogP contribution >= 0.6 is 0 Å². The molecule has 4 heteroatoms. The predicted molar refractivity (Wildman–Crippen MR) is 78.8 cm³/mol. The van der Waals surface area contributed by atoms with Crippen molar-refractivity contribution in [2.24, 2.45) is 5.73 Å². The lowest BCUT2D eigenvalue weighted by Gasteiger charge is -2.20. The van der Waals surface area contributed by atoms with Crippen LogP contribution in [-0.2, 0) is 9.53 Å². The second-order valence-corrected chi connectivity index (χ2v) is 5.70. The Morgan fingerprint density at radius 2 is 2.30 bits per heavy atom. The zero-order chi connectivity index (χ0) is 14.3. The van der Waals surface area contributed by atoms with Crippen molar-refractivity contribution in [1.29, 1.82) is 0 Å². The largest absolute Gasteiger partial charge is 0.376 e. The van der Waals surface area contributed by atoms with Gasteiger partial charge in [-0.25, -0.2) is 0 Å². The number of benzene rings is 1. The molecule has 4 nitrogen and oxygen atoms in total. The van der Waals surface area contributed by atoms with E-state index >= 15 is 0 Å². The van der Waals surface area contributed by atoms with Crippen LogP contribution in [0.4, 0.5) is 5.69 Å². The van der Waals surface area contributed by atoms with E-state index in [4.69, 9.17) is 10.5 Å². The highest BCUT2D eigenvalue weighted by atomic mass is 16.5. The molecule has 3 atom stereocenters. The predicted octanol–water partition coefficient (Wildman–Crippen LogP) is 2.34. The number of fused-ring (bicyclic) bond motifs is 1. The van der Waals surface area contributed by atoms with Gasteiger partial charge in [-0.05, 0) is 43.9 Å². The van der Waals surface area contributed by atoms with Crippen LogP contribution in [-0.4, -0.2) is 25.2 Å². The number of carbonyl (C=O) groups excluding carboxylic acids is 1. The Labute approximate surface area is 119 Å². The van der Waals surface area contributed by atoms with Gasteiger partial charge in [-0.1, -0.05) is 12.1 Å². The molecule has 0 spiro atoms. The standard InChI is InChI=1S/C16H22N2O2/c1-3-18-13-7-6-11(9-12(13)10(2)16(18)19)15(17)14-5-4-8-20-14/h6-7,9-10,14-15H,3-5,8,17H2,1-2H3. The van der Waals surface area contributed by atoms with Gasteiger partial charge in [0.1, 0.15) is 0 Å². The Morgan fingerprint density at radius 3 is 2.95 bits per heavy atom. The molecular weight excluding hydrogens is 252 g/mol. The number of nitrogens with two attached hydrogens (primary N) is 1. The van der Waals surface area contributed by atoms with E-state index in [1.807, 2.05) is 30.9 Å². The molecule has 1 fully saturated rings. The lowest BCUT2D eigenvalue weighted by atomic mass is 9.94. The lowest BCUT2D eigenvalue weighted by Crippen LogP contribution is -2.27. The van der Waals surface area contributed by atoms with E-state index in [1.54, 1.807) is 0 Å². The number of carbonyl (C=O) groups is 1. The minimum absolute atomic E-state index is 0.0680. The van der Waals surface area contributed by atoms with Crippen LogP contribution < -0.4 is 10.6 Å². The van der Waals surface area contributed by atoms with Crippen LogP contribution in [0.3, 0.4) is 0 Å². The highest BCUT2D eigenvalue weighted by molar-refractivity contribution is 6.04. The highest BCUT2D eigenvalue weighted by Gasteiger charge is 2.34. The van der Waals surface area contributed by atoms with E-state index < -0.39 is 0 Å². The fourth-order valence-electron chi connectivity index (χ4n) is 3.29. The molecule has 0 saturated carbocycles. The monoisotopic (exact) mass is 274 g/mol. The number of ether oxygens (including phenoxy) is 1. The molecule has 3 rings (SSSR count). The van der Waals surface area contributed by atoms with Crippen LogP contribution in [0.2, 0.25) is 0 Å². The van der Waals surface area contributed by atoms with Crippen LogP contribution in [0, 0.1) is 0 Å². The van der Waals surface area contributed by atoms with Crippen LogP contribution in [0.15, 0.2) is 18.2 Å². The minimum Gasteiger partial charge on any atom is -0.376 e. The maximum Gasteiger partial charge on any atom is 0.234 e. The molecule has 1 aromatic rings. The van der Waals surface area contributed by atoms with Crippen molar-refractivity contribution in [2.75, 3.05) is 18.1 Å². The van der Waals surface area contributed by atoms with Gasteiger partial charge in [0.05, 0.1) is 18.1 Å². The lowest BCUT2D eigenvalue weighted by molar-refractivity contribution is -0.118. The summed E-state index contributed by atoms with van der Waals surface area (Å²) in [6, 6.07) is 6.07. The van der Waals surface area contributed by atoms with Crippen molar-refractivity contribution in [3.8, 4) is 0 Å². The second kappa shape index (κ2) is 5.19. The molecule has 20 heavy (non-hydrogen) atoms. The molecule has 0 radical (unpaired) electrons. The first kappa shape index (κ1) is 13.6. The van der Waals surface area contributed by atoms with E-state index in [0.717, 1.165) is 36.3 Å². The average molecular weight is 274 g/mol. The third-order valence-corrected chi connectivity index (χ3v) is 4.51. The van der Waals surface area contributed by atoms with E-state index in [2.05, 4.69) is 6.07 Å². The molecule has 108 valence electrons. The first-order valence-corrected chi connectivity index (χ1v) is 7.46. The molecule has 2 aliphatic heterocycles. The van der Waals surface area contributed by atoms with Gasteiger partial charge in [0.25, 0.3) is 0 Å². The third kappa shape index (κ3) is 2.03. The van der Waals surface area contributed by atoms with Crippen molar-refractivity contribution in [3.63, 3.8) is 0 Å². The van der Waals surface area contributed by atoms with E-state index in [0.29, 0.717) is 6.54 Å². The number of anilines is 1. The molecule has 2 heterocycles. The zero-order valence-electron chi connectivity index (χ0n) is 12.1. The van der Waals surface area contributed by atoms with E-state index in [1.165, 1.54) is 0 Å². The van der Waals surface area contributed by atoms with Gasteiger partial charge < -0.3 is 15.4 Å². The molecule has 0 aliphatic carbocycles. The zero-order valence-corrected chi connectivity index (χ0v) is 12.1. The van der Waals surface area contributed by atoms with Gasteiger partial charge in [-0.15, -0.1) is 0 Å². The van der Waals surface area contributed by atoms with Crippen molar-refractivity contribution >= 4 is 11.6 Å². The molecule has 1 saturated heterocycles. The Bertz CT molecular complexity index is 523. The average Bonchev–Trinajstić information content (AvgIpc) is 3.07. The Kier molecular flexibility index (Phi) is 3.52. The number of nitrogens with zero attached hydrogens (tertiary/aromatic N) is 1. The molecule has 3 unspecified atom stereocenters. The van der Waals surface area contributed by atoms with E-state index in [9.17, 15) is 4.79 Å². The topological polar surface area (TPSA) is 55.6 Å². The first-order chi connectivity index (χ1) is 9.63. The molecule has 2 aliphatic rings. The fraction of sp³-hybridized carbons (Fsp3) is 0.562. The maximum absolute atomic E-state index is 12.2. The summed E-state index contributed by atoms with van der Waals surface area (Å²) >= 11 is 0. The summed E-state index contributed by atoms with van der Waals surface area (Å²) in [5.74, 6) is 0.118. The summed E-state index contributed by atoms with van der Waals surface area (Å²) in [5, 5.41) is 0. The Morgan fingerprint density at radius 1 is 1.50 bits per heavy atom. The van der Waals surface area contributed by atoms with Gasteiger partial charge in [-0.3, -0.25) is 4.79 Å². The van der Waals surface area contributed by atoms with Gasteiger partial charge in [-0.2, -0.15) is 0 Å². The number of amides is 1. The van der Waals surface area contributed by atoms with Gasteiger partial charge in [0, 0.05) is 18.8 Å². The normalized spacial score (nSPS) is 26.9. The fourth-order valence-corrected chi connectivity index (χ4v) is 3.29.